The smallest absolute Gasteiger partial charge is 0.394 e. The van der Waals surface area contributed by atoms with Gasteiger partial charge in [-0.3, -0.25) is 9.78 Å². The number of benzene rings is 1. The molecule has 0 unspecified atom stereocenters. The third-order valence-corrected chi connectivity index (χ3v) is 4.81. The topological polar surface area (TPSA) is 113 Å². The molecule has 1 aliphatic heterocycles. The van der Waals surface area contributed by atoms with Gasteiger partial charge in [-0.05, 0) is 36.4 Å². The van der Waals surface area contributed by atoms with Crippen LogP contribution in [-0.2, 0) is 22.3 Å². The number of hydrogen-bond acceptors (Lipinski definition) is 5. The van der Waals surface area contributed by atoms with E-state index in [2.05, 4.69) is 20.9 Å². The normalized spacial score (nSPS) is 20.2. The Labute approximate surface area is 187 Å². The minimum atomic E-state index is -4.47. The molecule has 3 amide bonds. The molecule has 0 saturated carbocycles. The van der Waals surface area contributed by atoms with Gasteiger partial charge >= 0.3 is 12.2 Å². The van der Waals surface area contributed by atoms with Crippen LogP contribution in [-0.4, -0.2) is 46.9 Å². The molecule has 2 heterocycles. The van der Waals surface area contributed by atoms with Gasteiger partial charge in [0, 0.05) is 11.9 Å². The van der Waals surface area contributed by atoms with Crippen molar-refractivity contribution in [2.24, 2.45) is 0 Å². The number of aliphatic hydroxyl groups is 1. The number of pyridine rings is 1. The van der Waals surface area contributed by atoms with E-state index in [1.54, 1.807) is 30.5 Å². The molecule has 4 N–H and O–H groups in total. The molecule has 33 heavy (non-hydrogen) atoms. The molecule has 11 heteroatoms. The number of rotatable bonds is 7. The van der Waals surface area contributed by atoms with Crippen molar-refractivity contribution in [3.05, 3.63) is 72.1 Å². The van der Waals surface area contributed by atoms with Crippen molar-refractivity contribution < 1.29 is 32.6 Å². The number of halogens is 3. The van der Waals surface area contributed by atoms with Crippen LogP contribution < -0.4 is 16.0 Å². The van der Waals surface area contributed by atoms with E-state index in [1.165, 1.54) is 0 Å². The molecule has 1 aliphatic rings. The summed E-state index contributed by atoms with van der Waals surface area (Å²) < 4.78 is 43.6. The van der Waals surface area contributed by atoms with Crippen LogP contribution in [0.5, 0.6) is 0 Å². The van der Waals surface area contributed by atoms with Gasteiger partial charge in [-0.25, -0.2) is 4.79 Å². The van der Waals surface area contributed by atoms with Gasteiger partial charge in [0.15, 0.2) is 0 Å². The number of aliphatic hydroxyl groups excluding tert-OH is 1. The number of nitrogens with one attached hydrogen (secondary N) is 3. The molecule has 0 fully saturated rings. The van der Waals surface area contributed by atoms with E-state index >= 15 is 0 Å². The van der Waals surface area contributed by atoms with E-state index in [0.29, 0.717) is 5.69 Å². The zero-order chi connectivity index (χ0) is 23.8. The standard InChI is InChI=1S/C22H23F3N4O4/c23-22(24,25)14-4-6-15(7-5-14)28-21(32)29-18-9-8-17(33-19(18)13-30)11-20(31)27-12-16-3-1-2-10-26-16/h1-10,17-19,30H,11-13H2,(H,27,31)(H2,28,29,32)/t17-,18+,19+/m1/s1. The fourth-order valence-corrected chi connectivity index (χ4v) is 3.14. The van der Waals surface area contributed by atoms with Crippen molar-refractivity contribution in [1.82, 2.24) is 15.6 Å². The zero-order valence-electron chi connectivity index (χ0n) is 17.4. The van der Waals surface area contributed by atoms with Crippen LogP contribution in [0.3, 0.4) is 0 Å². The number of alkyl halides is 3. The van der Waals surface area contributed by atoms with E-state index in [4.69, 9.17) is 4.74 Å². The first-order valence-electron chi connectivity index (χ1n) is 10.1. The summed E-state index contributed by atoms with van der Waals surface area (Å²) in [5.41, 5.74) is 0.0549. The summed E-state index contributed by atoms with van der Waals surface area (Å²) in [6.45, 7) is -0.143. The number of ether oxygens (including phenoxy) is 1. The van der Waals surface area contributed by atoms with Gasteiger partial charge in [-0.1, -0.05) is 18.2 Å². The second kappa shape index (κ2) is 10.9. The summed E-state index contributed by atoms with van der Waals surface area (Å²) in [4.78, 5) is 28.5. The summed E-state index contributed by atoms with van der Waals surface area (Å²) >= 11 is 0. The van der Waals surface area contributed by atoms with Crippen LogP contribution in [0, 0.1) is 0 Å². The molecule has 0 aliphatic carbocycles. The summed E-state index contributed by atoms with van der Waals surface area (Å²) in [6.07, 6.45) is -1.01. The summed E-state index contributed by atoms with van der Waals surface area (Å²) in [5.74, 6) is -0.265. The molecule has 8 nitrogen and oxygen atoms in total. The maximum absolute atomic E-state index is 12.6. The van der Waals surface area contributed by atoms with Crippen LogP contribution >= 0.6 is 0 Å². The Morgan fingerprint density at radius 1 is 1.09 bits per heavy atom. The van der Waals surface area contributed by atoms with Crippen molar-refractivity contribution in [2.75, 3.05) is 11.9 Å². The maximum atomic E-state index is 12.6. The Balaban J connectivity index is 1.49. The molecule has 1 aromatic carbocycles. The lowest BCUT2D eigenvalue weighted by Gasteiger charge is -2.31. The van der Waals surface area contributed by atoms with Crippen molar-refractivity contribution in [3.63, 3.8) is 0 Å². The Bertz CT molecular complexity index is 968. The van der Waals surface area contributed by atoms with Gasteiger partial charge in [0.25, 0.3) is 0 Å². The van der Waals surface area contributed by atoms with Gasteiger partial charge < -0.3 is 25.8 Å². The van der Waals surface area contributed by atoms with Gasteiger partial charge in [-0.15, -0.1) is 0 Å². The number of urea groups is 1. The van der Waals surface area contributed by atoms with Crippen molar-refractivity contribution >= 4 is 17.6 Å². The first kappa shape index (κ1) is 24.2. The Kier molecular flexibility index (Phi) is 8.01. The van der Waals surface area contributed by atoms with Gasteiger partial charge in [0.05, 0.1) is 43.0 Å². The number of amides is 3. The van der Waals surface area contributed by atoms with E-state index in [0.717, 1.165) is 24.3 Å². The lowest BCUT2D eigenvalue weighted by molar-refractivity contribution is -0.137. The molecule has 3 atom stereocenters. The quantitative estimate of drug-likeness (QED) is 0.471. The Hall–Kier alpha value is -3.44. The fourth-order valence-electron chi connectivity index (χ4n) is 3.14. The third kappa shape index (κ3) is 7.29. The monoisotopic (exact) mass is 464 g/mol. The van der Waals surface area contributed by atoms with E-state index in [9.17, 15) is 27.9 Å². The molecule has 3 rings (SSSR count). The molecule has 176 valence electrons. The highest BCUT2D eigenvalue weighted by molar-refractivity contribution is 5.89. The average Bonchev–Trinajstić information content (AvgIpc) is 2.79. The lowest BCUT2D eigenvalue weighted by atomic mass is 10.0. The second-order valence-corrected chi connectivity index (χ2v) is 7.28. The largest absolute Gasteiger partial charge is 0.416 e. The third-order valence-electron chi connectivity index (χ3n) is 4.81. The molecule has 0 bridgehead atoms. The Morgan fingerprint density at radius 2 is 1.85 bits per heavy atom. The SMILES string of the molecule is O=C(C[C@H]1C=C[C@H](NC(=O)Nc2ccc(C(F)(F)F)cc2)[C@H](CO)O1)NCc1ccccn1. The second-order valence-electron chi connectivity index (χ2n) is 7.28. The summed E-state index contributed by atoms with van der Waals surface area (Å²) in [5, 5.41) is 17.4. The number of carbonyl (C=O) groups excluding carboxylic acids is 2. The van der Waals surface area contributed by atoms with Crippen LogP contribution in [0.4, 0.5) is 23.7 Å². The van der Waals surface area contributed by atoms with E-state index in [1.807, 2.05) is 6.07 Å². The van der Waals surface area contributed by atoms with Crippen molar-refractivity contribution in [3.8, 4) is 0 Å². The maximum Gasteiger partial charge on any atom is 0.416 e. The number of anilines is 1. The number of nitrogens with zero attached hydrogens (tertiary/aromatic N) is 1. The van der Waals surface area contributed by atoms with Crippen LogP contribution in [0.2, 0.25) is 0 Å². The highest BCUT2D eigenvalue weighted by Gasteiger charge is 2.31. The summed E-state index contributed by atoms with van der Waals surface area (Å²) in [6, 6.07) is 7.99. The predicted octanol–water partition coefficient (Wildman–Crippen LogP) is 2.61. The zero-order valence-corrected chi connectivity index (χ0v) is 17.4. The minimum absolute atomic E-state index is 0.0182. The van der Waals surface area contributed by atoms with Gasteiger partial charge in [0.2, 0.25) is 5.91 Å². The highest BCUT2D eigenvalue weighted by Crippen LogP contribution is 2.29. The van der Waals surface area contributed by atoms with Crippen LogP contribution in [0.25, 0.3) is 0 Å². The van der Waals surface area contributed by atoms with Crippen LogP contribution in [0.15, 0.2) is 60.8 Å². The van der Waals surface area contributed by atoms with Gasteiger partial charge in [0.1, 0.15) is 6.10 Å². The molecular formula is C22H23F3N4O4. The number of hydrogen-bond donors (Lipinski definition) is 4. The van der Waals surface area contributed by atoms with Crippen molar-refractivity contribution in [1.29, 1.82) is 0 Å². The fraction of sp³-hybridized carbons (Fsp3) is 0.318. The lowest BCUT2D eigenvalue weighted by Crippen LogP contribution is -2.50. The number of carbonyl (C=O) groups is 2. The Morgan fingerprint density at radius 3 is 2.48 bits per heavy atom. The predicted molar refractivity (Wildman–Crippen MR) is 113 cm³/mol. The van der Waals surface area contributed by atoms with E-state index in [-0.39, 0.29) is 24.6 Å². The first-order valence-corrected chi connectivity index (χ1v) is 10.1. The van der Waals surface area contributed by atoms with Gasteiger partial charge in [-0.2, -0.15) is 13.2 Å². The minimum Gasteiger partial charge on any atom is -0.394 e. The van der Waals surface area contributed by atoms with Crippen LogP contribution in [0.1, 0.15) is 17.7 Å². The molecule has 0 saturated heterocycles. The molecule has 0 spiro atoms. The molecule has 1 aromatic heterocycles. The molecule has 0 radical (unpaired) electrons. The van der Waals surface area contributed by atoms with Crippen molar-refractivity contribution in [2.45, 2.75) is 37.4 Å². The number of aromatic nitrogens is 1. The highest BCUT2D eigenvalue weighted by atomic mass is 19.4. The molecular weight excluding hydrogens is 441 g/mol. The summed E-state index contributed by atoms with van der Waals surface area (Å²) in [7, 11) is 0. The first-order chi connectivity index (χ1) is 15.7. The molecule has 2 aromatic rings. The van der Waals surface area contributed by atoms with E-state index < -0.39 is 42.6 Å². The average molecular weight is 464 g/mol.